The number of rotatable bonds is 7. The highest BCUT2D eigenvalue weighted by atomic mass is 16.5. The molecule has 6 nitrogen and oxygen atoms in total. The van der Waals surface area contributed by atoms with Crippen molar-refractivity contribution in [2.45, 2.75) is 57.0 Å². The first-order valence-electron chi connectivity index (χ1n) is 10.9. The number of anilines is 4. The number of hydrogen-bond donors (Lipinski definition) is 2. The van der Waals surface area contributed by atoms with Crippen molar-refractivity contribution in [3.63, 3.8) is 0 Å². The summed E-state index contributed by atoms with van der Waals surface area (Å²) >= 11 is 0. The number of nitrogens with one attached hydrogen (secondary N) is 2. The van der Waals surface area contributed by atoms with Crippen LogP contribution in [0.3, 0.4) is 0 Å². The minimum atomic E-state index is 0.285. The predicted molar refractivity (Wildman–Crippen MR) is 119 cm³/mol. The van der Waals surface area contributed by atoms with Gasteiger partial charge < -0.3 is 15.4 Å². The van der Waals surface area contributed by atoms with Crippen LogP contribution in [0.15, 0.2) is 55.1 Å². The zero-order valence-corrected chi connectivity index (χ0v) is 17.1. The van der Waals surface area contributed by atoms with Gasteiger partial charge in [-0.05, 0) is 68.2 Å². The van der Waals surface area contributed by atoms with Crippen molar-refractivity contribution in [3.05, 3.63) is 60.7 Å². The number of hydrogen-bond acceptors (Lipinski definition) is 6. The van der Waals surface area contributed by atoms with Gasteiger partial charge in [-0.3, -0.25) is 4.98 Å². The van der Waals surface area contributed by atoms with Crippen molar-refractivity contribution >= 4 is 23.0 Å². The second-order valence-corrected chi connectivity index (χ2v) is 8.19. The van der Waals surface area contributed by atoms with E-state index >= 15 is 0 Å². The minimum absolute atomic E-state index is 0.285. The summed E-state index contributed by atoms with van der Waals surface area (Å²) in [7, 11) is 0. The molecule has 0 aliphatic heterocycles. The molecule has 0 spiro atoms. The van der Waals surface area contributed by atoms with E-state index in [1.165, 1.54) is 37.7 Å². The van der Waals surface area contributed by atoms with Gasteiger partial charge in [-0.25, -0.2) is 9.97 Å². The third-order valence-electron chi connectivity index (χ3n) is 6.05. The summed E-state index contributed by atoms with van der Waals surface area (Å²) in [6.45, 7) is 0. The third kappa shape index (κ3) is 4.37. The van der Waals surface area contributed by atoms with Crippen molar-refractivity contribution in [2.75, 3.05) is 10.6 Å². The molecule has 0 amide bonds. The predicted octanol–water partition coefficient (Wildman–Crippen LogP) is 5.95. The maximum Gasteiger partial charge on any atom is 0.227 e. The zero-order valence-electron chi connectivity index (χ0n) is 17.1. The summed E-state index contributed by atoms with van der Waals surface area (Å²) in [5.41, 5.74) is 4.12. The lowest BCUT2D eigenvalue weighted by Gasteiger charge is -2.25. The van der Waals surface area contributed by atoms with Gasteiger partial charge in [0.2, 0.25) is 5.95 Å². The van der Waals surface area contributed by atoms with E-state index in [1.54, 1.807) is 24.8 Å². The molecule has 154 valence electrons. The van der Waals surface area contributed by atoms with Gasteiger partial charge in [0.05, 0.1) is 36.1 Å². The fourth-order valence-electron chi connectivity index (χ4n) is 4.08. The van der Waals surface area contributed by atoms with Crippen molar-refractivity contribution < 1.29 is 4.74 Å². The van der Waals surface area contributed by atoms with Crippen LogP contribution in [0, 0.1) is 0 Å². The molecule has 3 aromatic rings. The molecule has 2 aliphatic carbocycles. The highest BCUT2D eigenvalue weighted by Crippen LogP contribution is 2.36. The molecule has 2 saturated carbocycles. The average Bonchev–Trinajstić information content (AvgIpc) is 3.24. The van der Waals surface area contributed by atoms with Crippen LogP contribution in [-0.2, 0) is 0 Å². The van der Waals surface area contributed by atoms with Crippen LogP contribution in [0.25, 0.3) is 0 Å². The second-order valence-electron chi connectivity index (χ2n) is 8.19. The van der Waals surface area contributed by atoms with Crippen LogP contribution in [0.5, 0.6) is 5.75 Å². The largest absolute Gasteiger partial charge is 0.487 e. The molecule has 30 heavy (non-hydrogen) atoms. The average molecular weight is 402 g/mol. The Hall–Kier alpha value is -3.15. The minimum Gasteiger partial charge on any atom is -0.487 e. The molecule has 2 N–H and O–H groups in total. The van der Waals surface area contributed by atoms with E-state index in [2.05, 4.69) is 49.9 Å². The molecule has 0 saturated heterocycles. The molecule has 2 fully saturated rings. The smallest absolute Gasteiger partial charge is 0.227 e. The first kappa shape index (κ1) is 18.9. The quantitative estimate of drug-likeness (QED) is 0.510. The molecule has 0 bridgehead atoms. The van der Waals surface area contributed by atoms with E-state index in [1.807, 2.05) is 6.07 Å². The molecule has 2 aromatic heterocycles. The first-order chi connectivity index (χ1) is 14.8. The number of ether oxygens (including phenoxy) is 1. The van der Waals surface area contributed by atoms with E-state index in [4.69, 9.17) is 4.74 Å². The molecule has 1 aromatic carbocycles. The van der Waals surface area contributed by atoms with E-state index in [0.29, 0.717) is 5.95 Å². The highest BCUT2D eigenvalue weighted by Gasteiger charge is 2.19. The molecule has 2 aliphatic rings. The van der Waals surface area contributed by atoms with Crippen LogP contribution in [-0.4, -0.2) is 21.1 Å². The normalized spacial score (nSPS) is 16.8. The highest BCUT2D eigenvalue weighted by molar-refractivity contribution is 5.65. The standard InChI is InChI=1S/C24H27N5O/c1-2-7-21(6-1)30-23-16-25-13-12-22(23)28-20-14-26-24(27-15-20)29-19-10-8-18(9-11-19)17-4-3-5-17/h8-17,21H,1-7H2,(H,25,28)(H,26,27,29). The third-order valence-corrected chi connectivity index (χ3v) is 6.05. The summed E-state index contributed by atoms with van der Waals surface area (Å²) in [5, 5.41) is 6.62. The fourth-order valence-corrected chi connectivity index (χ4v) is 4.08. The topological polar surface area (TPSA) is 72.0 Å². The van der Waals surface area contributed by atoms with Crippen LogP contribution < -0.4 is 15.4 Å². The Morgan fingerprint density at radius 1 is 0.767 bits per heavy atom. The molecule has 5 rings (SSSR count). The summed E-state index contributed by atoms with van der Waals surface area (Å²) < 4.78 is 6.14. The molecule has 0 unspecified atom stereocenters. The van der Waals surface area contributed by atoms with Crippen molar-refractivity contribution in [2.24, 2.45) is 0 Å². The molecule has 6 heteroatoms. The lowest BCUT2D eigenvalue weighted by molar-refractivity contribution is 0.210. The van der Waals surface area contributed by atoms with E-state index < -0.39 is 0 Å². The number of nitrogens with zero attached hydrogens (tertiary/aromatic N) is 3. The van der Waals surface area contributed by atoms with Gasteiger partial charge in [0.1, 0.15) is 0 Å². The monoisotopic (exact) mass is 401 g/mol. The Labute approximate surface area is 177 Å². The van der Waals surface area contributed by atoms with Gasteiger partial charge in [0.15, 0.2) is 5.75 Å². The Bertz CT molecular complexity index is 964. The van der Waals surface area contributed by atoms with Gasteiger partial charge in [0.25, 0.3) is 0 Å². The Morgan fingerprint density at radius 2 is 1.53 bits per heavy atom. The van der Waals surface area contributed by atoms with E-state index in [-0.39, 0.29) is 6.10 Å². The van der Waals surface area contributed by atoms with Crippen LogP contribution in [0.2, 0.25) is 0 Å². The maximum absolute atomic E-state index is 6.14. The Balaban J connectivity index is 1.22. The zero-order chi connectivity index (χ0) is 20.2. The van der Waals surface area contributed by atoms with E-state index in [0.717, 1.165) is 41.6 Å². The summed E-state index contributed by atoms with van der Waals surface area (Å²) in [6.07, 6.45) is 16.0. The van der Waals surface area contributed by atoms with Gasteiger partial charge >= 0.3 is 0 Å². The van der Waals surface area contributed by atoms with Crippen LogP contribution >= 0.6 is 0 Å². The Kier molecular flexibility index (Phi) is 5.46. The Morgan fingerprint density at radius 3 is 2.23 bits per heavy atom. The van der Waals surface area contributed by atoms with Crippen molar-refractivity contribution in [1.82, 2.24) is 15.0 Å². The maximum atomic E-state index is 6.14. The van der Waals surface area contributed by atoms with Crippen LogP contribution in [0.4, 0.5) is 23.0 Å². The molecule has 0 radical (unpaired) electrons. The molecule has 0 atom stereocenters. The van der Waals surface area contributed by atoms with E-state index in [9.17, 15) is 0 Å². The number of benzene rings is 1. The van der Waals surface area contributed by atoms with Crippen molar-refractivity contribution in [1.29, 1.82) is 0 Å². The molecule has 2 heterocycles. The lowest BCUT2D eigenvalue weighted by Crippen LogP contribution is -2.12. The van der Waals surface area contributed by atoms with Gasteiger partial charge in [-0.15, -0.1) is 0 Å². The number of aromatic nitrogens is 3. The lowest BCUT2D eigenvalue weighted by atomic mass is 9.80. The summed E-state index contributed by atoms with van der Waals surface area (Å²) in [6, 6.07) is 10.5. The SMILES string of the molecule is c1cc(Nc2cnc(Nc3ccc(C4CCC4)cc3)nc2)c(OC2CCCC2)cn1. The van der Waals surface area contributed by atoms with Gasteiger partial charge in [-0.1, -0.05) is 18.6 Å². The number of pyridine rings is 1. The second kappa shape index (κ2) is 8.69. The van der Waals surface area contributed by atoms with Gasteiger partial charge in [-0.2, -0.15) is 0 Å². The van der Waals surface area contributed by atoms with Crippen LogP contribution in [0.1, 0.15) is 56.4 Å². The first-order valence-corrected chi connectivity index (χ1v) is 10.9. The summed E-state index contributed by atoms with van der Waals surface area (Å²) in [5.74, 6) is 2.10. The van der Waals surface area contributed by atoms with Crippen molar-refractivity contribution in [3.8, 4) is 5.75 Å². The summed E-state index contributed by atoms with van der Waals surface area (Å²) in [4.78, 5) is 13.1. The van der Waals surface area contributed by atoms with Gasteiger partial charge in [0, 0.05) is 11.9 Å². The molecular weight excluding hydrogens is 374 g/mol. The fraction of sp³-hybridized carbons (Fsp3) is 0.375. The molecular formula is C24H27N5O.